The van der Waals surface area contributed by atoms with E-state index in [0.717, 1.165) is 21.5 Å². The Kier molecular flexibility index (Phi) is 2.20. The summed E-state index contributed by atoms with van der Waals surface area (Å²) in [5, 5.41) is 44.9. The Bertz CT molecular complexity index is 962. The van der Waals surface area contributed by atoms with Crippen LogP contribution < -0.4 is 0 Å². The highest BCUT2D eigenvalue weighted by Gasteiger charge is 2.37. The van der Waals surface area contributed by atoms with E-state index < -0.39 is 24.4 Å². The first-order chi connectivity index (χ1) is 10.6. The van der Waals surface area contributed by atoms with Crippen LogP contribution in [0, 0.1) is 0 Å². The topological polar surface area (TPSA) is 80.9 Å². The van der Waals surface area contributed by atoms with Gasteiger partial charge in [0, 0.05) is 0 Å². The molecular weight excluding hydrogens is 280 g/mol. The maximum Gasteiger partial charge on any atom is 0.110 e. The van der Waals surface area contributed by atoms with Gasteiger partial charge in [-0.1, -0.05) is 30.3 Å². The first kappa shape index (κ1) is 12.6. The molecule has 4 nitrogen and oxygen atoms in total. The van der Waals surface area contributed by atoms with E-state index in [1.54, 1.807) is 12.1 Å². The normalized spacial score (nSPS) is 28.9. The zero-order valence-electron chi connectivity index (χ0n) is 11.6. The van der Waals surface area contributed by atoms with Crippen LogP contribution in [0.4, 0.5) is 0 Å². The van der Waals surface area contributed by atoms with Crippen molar-refractivity contribution in [3.8, 4) is 0 Å². The Morgan fingerprint density at radius 2 is 1.09 bits per heavy atom. The number of benzene rings is 3. The van der Waals surface area contributed by atoms with Crippen molar-refractivity contribution in [2.24, 2.45) is 0 Å². The van der Waals surface area contributed by atoms with Crippen LogP contribution in [0.1, 0.15) is 46.7 Å². The van der Waals surface area contributed by atoms with Gasteiger partial charge in [0.15, 0.2) is 0 Å². The largest absolute Gasteiger partial charge is 0.385 e. The third-order valence-electron chi connectivity index (χ3n) is 5.12. The van der Waals surface area contributed by atoms with Gasteiger partial charge in [-0.25, -0.2) is 0 Å². The van der Waals surface area contributed by atoms with Gasteiger partial charge in [0.2, 0.25) is 0 Å². The molecule has 0 radical (unpaired) electrons. The second kappa shape index (κ2) is 3.86. The summed E-state index contributed by atoms with van der Waals surface area (Å²) in [5.74, 6) is 0. The van der Waals surface area contributed by atoms with Crippen LogP contribution in [0.2, 0.25) is 0 Å². The third kappa shape index (κ3) is 1.23. The fraction of sp³-hybridized carbons (Fsp3) is 0.222. The number of rotatable bonds is 0. The lowest BCUT2D eigenvalue weighted by atomic mass is 9.81. The molecule has 4 N–H and O–H groups in total. The van der Waals surface area contributed by atoms with Crippen molar-refractivity contribution in [3.63, 3.8) is 0 Å². The Morgan fingerprint density at radius 1 is 0.545 bits per heavy atom. The molecule has 4 atom stereocenters. The van der Waals surface area contributed by atoms with Gasteiger partial charge in [-0.3, -0.25) is 0 Å². The van der Waals surface area contributed by atoms with Crippen molar-refractivity contribution in [1.82, 2.24) is 0 Å². The van der Waals surface area contributed by atoms with Crippen LogP contribution in [-0.2, 0) is 0 Å². The Morgan fingerprint density at radius 3 is 1.77 bits per heavy atom. The van der Waals surface area contributed by atoms with Crippen molar-refractivity contribution < 1.29 is 20.4 Å². The molecule has 2 aliphatic carbocycles. The molecule has 0 bridgehead atoms. The number of aliphatic hydroxyl groups is 4. The Hall–Kier alpha value is -1.98. The second-order valence-corrected chi connectivity index (χ2v) is 6.18. The van der Waals surface area contributed by atoms with E-state index >= 15 is 0 Å². The summed E-state index contributed by atoms with van der Waals surface area (Å²) in [4.78, 5) is 0. The zero-order valence-corrected chi connectivity index (χ0v) is 11.6. The minimum atomic E-state index is -1.00. The van der Waals surface area contributed by atoms with Crippen LogP contribution in [0.5, 0.6) is 0 Å². The molecular formula is C18H14O4. The standard InChI is InChI=1S/C18H14O4/c19-15-8-3-1-2-7-6-11-13-9(16(20)18(11)22)4-5-10(17(15)21)14(13)12(7)8/h1-6,15-22H/t15-,16-,17-,18-/m0/s1. The first-order valence-electron chi connectivity index (χ1n) is 7.34. The summed E-state index contributed by atoms with van der Waals surface area (Å²) in [5.41, 5.74) is 2.71. The zero-order chi connectivity index (χ0) is 15.2. The molecule has 0 spiro atoms. The lowest BCUT2D eigenvalue weighted by Crippen LogP contribution is -2.15. The summed E-state index contributed by atoms with van der Waals surface area (Å²) in [6, 6.07) is 10.9. The third-order valence-corrected chi connectivity index (χ3v) is 5.12. The molecule has 0 amide bonds. The van der Waals surface area contributed by atoms with Gasteiger partial charge in [0.05, 0.1) is 0 Å². The van der Waals surface area contributed by atoms with Gasteiger partial charge in [-0.2, -0.15) is 0 Å². The molecule has 2 aliphatic rings. The minimum Gasteiger partial charge on any atom is -0.385 e. The van der Waals surface area contributed by atoms with Crippen LogP contribution in [0.25, 0.3) is 21.5 Å². The van der Waals surface area contributed by atoms with Crippen LogP contribution in [0.15, 0.2) is 36.4 Å². The molecule has 0 aromatic heterocycles. The second-order valence-electron chi connectivity index (χ2n) is 6.18. The number of aliphatic hydroxyl groups excluding tert-OH is 4. The van der Waals surface area contributed by atoms with E-state index in [9.17, 15) is 20.4 Å². The highest BCUT2D eigenvalue weighted by molar-refractivity contribution is 6.15. The maximum atomic E-state index is 10.5. The van der Waals surface area contributed by atoms with Crippen molar-refractivity contribution in [3.05, 3.63) is 58.7 Å². The smallest absolute Gasteiger partial charge is 0.110 e. The fourth-order valence-corrected chi connectivity index (χ4v) is 4.11. The van der Waals surface area contributed by atoms with E-state index in [1.807, 2.05) is 24.3 Å². The van der Waals surface area contributed by atoms with E-state index in [1.165, 1.54) is 0 Å². The van der Waals surface area contributed by atoms with Gasteiger partial charge in [0.25, 0.3) is 0 Å². The molecule has 0 aliphatic heterocycles. The molecule has 0 heterocycles. The average molecular weight is 294 g/mol. The van der Waals surface area contributed by atoms with Crippen LogP contribution >= 0.6 is 0 Å². The quantitative estimate of drug-likeness (QED) is 0.479. The molecule has 3 aromatic carbocycles. The predicted molar refractivity (Wildman–Crippen MR) is 81.3 cm³/mol. The lowest BCUT2D eigenvalue weighted by Gasteiger charge is -2.28. The van der Waals surface area contributed by atoms with Gasteiger partial charge in [0.1, 0.15) is 24.4 Å². The average Bonchev–Trinajstić information content (AvgIpc) is 2.78. The van der Waals surface area contributed by atoms with Crippen molar-refractivity contribution in [2.75, 3.05) is 0 Å². The van der Waals surface area contributed by atoms with Gasteiger partial charge >= 0.3 is 0 Å². The monoisotopic (exact) mass is 294 g/mol. The SMILES string of the molecule is O[C@H]1c2ccc3c4c2c(cc2cccc(c24)[C@H](O)[C@H]3O)[C@@H]1O. The lowest BCUT2D eigenvalue weighted by molar-refractivity contribution is 0.0177. The molecule has 0 unspecified atom stereocenters. The van der Waals surface area contributed by atoms with Crippen molar-refractivity contribution >= 4 is 21.5 Å². The number of hydrogen-bond donors (Lipinski definition) is 4. The summed E-state index contributed by atoms with van der Waals surface area (Å²) in [6.07, 6.45) is -3.88. The highest BCUT2D eigenvalue weighted by atomic mass is 16.3. The minimum absolute atomic E-state index is 0.651. The summed E-state index contributed by atoms with van der Waals surface area (Å²) in [6.45, 7) is 0. The fourth-order valence-electron chi connectivity index (χ4n) is 4.11. The van der Waals surface area contributed by atoms with E-state index in [0.29, 0.717) is 22.3 Å². The molecule has 110 valence electrons. The molecule has 0 saturated carbocycles. The number of hydrogen-bond acceptors (Lipinski definition) is 4. The van der Waals surface area contributed by atoms with Gasteiger partial charge in [-0.15, -0.1) is 0 Å². The molecule has 22 heavy (non-hydrogen) atoms. The van der Waals surface area contributed by atoms with Gasteiger partial charge in [-0.05, 0) is 49.9 Å². The van der Waals surface area contributed by atoms with Crippen LogP contribution in [-0.4, -0.2) is 20.4 Å². The van der Waals surface area contributed by atoms with Crippen molar-refractivity contribution in [1.29, 1.82) is 0 Å². The Labute approximate surface area is 125 Å². The van der Waals surface area contributed by atoms with Crippen LogP contribution in [0.3, 0.4) is 0 Å². The molecule has 3 aromatic rings. The maximum absolute atomic E-state index is 10.5. The molecule has 4 heteroatoms. The van der Waals surface area contributed by atoms with E-state index in [4.69, 9.17) is 0 Å². The van der Waals surface area contributed by atoms with Crippen molar-refractivity contribution in [2.45, 2.75) is 24.4 Å². The summed E-state index contributed by atoms with van der Waals surface area (Å²) in [7, 11) is 0. The first-order valence-corrected chi connectivity index (χ1v) is 7.34. The van der Waals surface area contributed by atoms with Gasteiger partial charge < -0.3 is 20.4 Å². The Balaban J connectivity index is 2.12. The summed E-state index contributed by atoms with van der Waals surface area (Å²) >= 11 is 0. The highest BCUT2D eigenvalue weighted by Crippen LogP contribution is 2.52. The molecule has 0 saturated heterocycles. The van der Waals surface area contributed by atoms with E-state index in [2.05, 4.69) is 0 Å². The summed E-state index contributed by atoms with van der Waals surface area (Å²) < 4.78 is 0. The predicted octanol–water partition coefficient (Wildman–Crippen LogP) is 2.15. The molecule has 5 rings (SSSR count). The molecule has 0 fully saturated rings. The van der Waals surface area contributed by atoms with E-state index in [-0.39, 0.29) is 0 Å².